The van der Waals surface area contributed by atoms with Gasteiger partial charge in [-0.25, -0.2) is 9.97 Å². The highest BCUT2D eigenvalue weighted by atomic mass is 32.1. The molecular formula is C23H34N4OS. The van der Waals surface area contributed by atoms with Crippen LogP contribution in [0.5, 0.6) is 0 Å². The predicted octanol–water partition coefficient (Wildman–Crippen LogP) is 6.53. The van der Waals surface area contributed by atoms with Crippen molar-refractivity contribution in [3.05, 3.63) is 28.9 Å². The third-order valence-electron chi connectivity index (χ3n) is 5.71. The minimum atomic E-state index is 0.0620. The molecule has 0 amide bonds. The minimum Gasteiger partial charge on any atom is -0.387 e. The number of fused-ring (bicyclic) bond motifs is 3. The monoisotopic (exact) mass is 414 g/mol. The number of hydrogen-bond acceptors (Lipinski definition) is 5. The molecule has 0 unspecified atom stereocenters. The van der Waals surface area contributed by atoms with Crippen LogP contribution in [0.1, 0.15) is 84.1 Å². The zero-order valence-corrected chi connectivity index (χ0v) is 18.9. The fraction of sp³-hybridized carbons (Fsp3) is 0.609. The third kappa shape index (κ3) is 4.97. The molecule has 1 saturated carbocycles. The minimum absolute atomic E-state index is 0.0620. The highest BCUT2D eigenvalue weighted by molar-refractivity contribution is 7.25. The quantitative estimate of drug-likeness (QED) is 0.498. The summed E-state index contributed by atoms with van der Waals surface area (Å²) in [6.07, 6.45) is 16.6. The smallest absolute Gasteiger partial charge is 0.271 e. The SMILES string of the molecule is C1CCCCC1.CCCC(CCC)n1cnc2c(sc3nccc(NC)c32)c1=O. The molecular weight excluding hydrogens is 380 g/mol. The summed E-state index contributed by atoms with van der Waals surface area (Å²) < 4.78 is 2.53. The Bertz CT molecular complexity index is 957. The molecule has 1 fully saturated rings. The lowest BCUT2D eigenvalue weighted by Gasteiger charge is -2.18. The topological polar surface area (TPSA) is 59.8 Å². The molecule has 29 heavy (non-hydrogen) atoms. The van der Waals surface area contributed by atoms with Crippen molar-refractivity contribution in [2.75, 3.05) is 12.4 Å². The summed E-state index contributed by atoms with van der Waals surface area (Å²) in [7, 11) is 1.87. The molecule has 0 spiro atoms. The van der Waals surface area contributed by atoms with Crippen molar-refractivity contribution in [1.29, 1.82) is 0 Å². The molecule has 0 bridgehead atoms. The van der Waals surface area contributed by atoms with Crippen LogP contribution in [0.25, 0.3) is 20.4 Å². The van der Waals surface area contributed by atoms with Gasteiger partial charge in [-0.15, -0.1) is 11.3 Å². The van der Waals surface area contributed by atoms with Gasteiger partial charge in [0.1, 0.15) is 9.53 Å². The molecule has 0 aromatic carbocycles. The third-order valence-corrected chi connectivity index (χ3v) is 6.79. The van der Waals surface area contributed by atoms with Crippen molar-refractivity contribution >= 4 is 37.5 Å². The highest BCUT2D eigenvalue weighted by Gasteiger charge is 2.18. The van der Waals surface area contributed by atoms with Crippen molar-refractivity contribution in [1.82, 2.24) is 14.5 Å². The van der Waals surface area contributed by atoms with E-state index in [-0.39, 0.29) is 11.6 Å². The van der Waals surface area contributed by atoms with Gasteiger partial charge in [0.25, 0.3) is 5.56 Å². The lowest BCUT2D eigenvalue weighted by Crippen LogP contribution is -2.24. The zero-order chi connectivity index (χ0) is 20.6. The summed E-state index contributed by atoms with van der Waals surface area (Å²) >= 11 is 1.44. The maximum absolute atomic E-state index is 13.0. The molecule has 1 N–H and O–H groups in total. The molecule has 0 atom stereocenters. The first-order valence-electron chi connectivity index (χ1n) is 11.2. The van der Waals surface area contributed by atoms with Gasteiger partial charge in [-0.05, 0) is 18.9 Å². The van der Waals surface area contributed by atoms with Gasteiger partial charge >= 0.3 is 0 Å². The van der Waals surface area contributed by atoms with Crippen molar-refractivity contribution in [3.8, 4) is 0 Å². The van der Waals surface area contributed by atoms with Gasteiger partial charge < -0.3 is 5.32 Å². The molecule has 5 nitrogen and oxygen atoms in total. The van der Waals surface area contributed by atoms with Gasteiger partial charge in [-0.2, -0.15) is 0 Å². The van der Waals surface area contributed by atoms with Crippen molar-refractivity contribution < 1.29 is 0 Å². The number of hydrogen-bond donors (Lipinski definition) is 1. The molecule has 3 aromatic heterocycles. The maximum atomic E-state index is 13.0. The van der Waals surface area contributed by atoms with Gasteiger partial charge in [0.15, 0.2) is 0 Å². The van der Waals surface area contributed by atoms with Crippen LogP contribution in [-0.4, -0.2) is 21.6 Å². The van der Waals surface area contributed by atoms with E-state index in [0.29, 0.717) is 4.70 Å². The number of thiophene rings is 1. The largest absolute Gasteiger partial charge is 0.387 e. The second kappa shape index (κ2) is 10.7. The molecule has 4 rings (SSSR count). The van der Waals surface area contributed by atoms with Crippen LogP contribution in [0.15, 0.2) is 23.4 Å². The molecule has 0 radical (unpaired) electrons. The summed E-state index contributed by atoms with van der Waals surface area (Å²) in [5.74, 6) is 0. The molecule has 0 aliphatic heterocycles. The van der Waals surface area contributed by atoms with E-state index in [0.717, 1.165) is 47.1 Å². The van der Waals surface area contributed by atoms with Crippen LogP contribution in [0.3, 0.4) is 0 Å². The molecule has 3 heterocycles. The van der Waals surface area contributed by atoms with Gasteiger partial charge in [0, 0.05) is 25.0 Å². The molecule has 158 valence electrons. The molecule has 1 aliphatic rings. The number of pyridine rings is 1. The second-order valence-corrected chi connectivity index (χ2v) is 8.88. The fourth-order valence-electron chi connectivity index (χ4n) is 4.18. The average Bonchev–Trinajstić information content (AvgIpc) is 3.15. The molecule has 3 aromatic rings. The Kier molecular flexibility index (Phi) is 8.04. The summed E-state index contributed by atoms with van der Waals surface area (Å²) in [6.45, 7) is 4.31. The van der Waals surface area contributed by atoms with E-state index in [1.165, 1.54) is 49.9 Å². The van der Waals surface area contributed by atoms with E-state index in [4.69, 9.17) is 0 Å². The van der Waals surface area contributed by atoms with Gasteiger partial charge in [0.2, 0.25) is 0 Å². The Morgan fingerprint density at radius 3 is 2.24 bits per heavy atom. The van der Waals surface area contributed by atoms with E-state index in [9.17, 15) is 4.79 Å². The summed E-state index contributed by atoms with van der Waals surface area (Å²) in [5, 5.41) is 4.11. The predicted molar refractivity (Wildman–Crippen MR) is 125 cm³/mol. The van der Waals surface area contributed by atoms with Crippen molar-refractivity contribution in [3.63, 3.8) is 0 Å². The number of aromatic nitrogens is 3. The van der Waals surface area contributed by atoms with Gasteiger partial charge in [-0.3, -0.25) is 9.36 Å². The van der Waals surface area contributed by atoms with Crippen molar-refractivity contribution in [2.45, 2.75) is 84.1 Å². The van der Waals surface area contributed by atoms with Crippen LogP contribution in [0, 0.1) is 0 Å². The second-order valence-electron chi connectivity index (χ2n) is 7.88. The Morgan fingerprint density at radius 2 is 1.69 bits per heavy atom. The van der Waals surface area contributed by atoms with E-state index in [1.807, 2.05) is 17.7 Å². The Hall–Kier alpha value is -1.95. The summed E-state index contributed by atoms with van der Waals surface area (Å²) in [6, 6.07) is 2.15. The Labute approximate surface area is 177 Å². The van der Waals surface area contributed by atoms with E-state index in [1.54, 1.807) is 12.5 Å². The number of anilines is 1. The van der Waals surface area contributed by atoms with E-state index in [2.05, 4.69) is 29.1 Å². The molecule has 0 saturated heterocycles. The fourth-order valence-corrected chi connectivity index (χ4v) is 5.24. The lowest BCUT2D eigenvalue weighted by molar-refractivity contribution is 0.414. The Morgan fingerprint density at radius 1 is 1.07 bits per heavy atom. The first-order chi connectivity index (χ1) is 14.2. The lowest BCUT2D eigenvalue weighted by atomic mass is 10.0. The number of nitrogens with one attached hydrogen (secondary N) is 1. The van der Waals surface area contributed by atoms with Crippen LogP contribution in [-0.2, 0) is 0 Å². The summed E-state index contributed by atoms with van der Waals surface area (Å²) in [4.78, 5) is 22.9. The van der Waals surface area contributed by atoms with E-state index < -0.39 is 0 Å². The van der Waals surface area contributed by atoms with Crippen molar-refractivity contribution in [2.24, 2.45) is 0 Å². The summed E-state index contributed by atoms with van der Waals surface area (Å²) in [5.41, 5.74) is 1.78. The van der Waals surface area contributed by atoms with Crippen LogP contribution in [0.2, 0.25) is 0 Å². The van der Waals surface area contributed by atoms with Crippen LogP contribution in [0.4, 0.5) is 5.69 Å². The van der Waals surface area contributed by atoms with Gasteiger partial charge in [0.05, 0.1) is 17.2 Å². The average molecular weight is 415 g/mol. The number of rotatable bonds is 6. The first kappa shape index (κ1) is 21.8. The van der Waals surface area contributed by atoms with Gasteiger partial charge in [-0.1, -0.05) is 65.2 Å². The first-order valence-corrected chi connectivity index (χ1v) is 12.0. The molecule has 1 aliphatic carbocycles. The molecule has 6 heteroatoms. The Balaban J connectivity index is 0.000000343. The van der Waals surface area contributed by atoms with Crippen LogP contribution < -0.4 is 10.9 Å². The maximum Gasteiger partial charge on any atom is 0.271 e. The van der Waals surface area contributed by atoms with E-state index >= 15 is 0 Å². The van der Waals surface area contributed by atoms with Crippen LogP contribution >= 0.6 is 11.3 Å². The zero-order valence-electron chi connectivity index (χ0n) is 18.0. The highest BCUT2D eigenvalue weighted by Crippen LogP contribution is 2.34. The number of nitrogens with zero attached hydrogens (tertiary/aromatic N) is 3. The standard InChI is InChI=1S/C17H22N4OS.C6H12/c1-4-6-11(7-5-2)21-10-20-14-13-12(18-3)8-9-19-16(13)23-15(14)17(21)22;1-2-4-6-5-3-1/h8-11H,4-7H2,1-3H3,(H,18,19);1-6H2. The normalized spacial score (nSPS) is 14.2.